The fraction of sp³-hybridized carbons (Fsp3) is 0.268. The summed E-state index contributed by atoms with van der Waals surface area (Å²) in [5.74, 6) is 1.54. The summed E-state index contributed by atoms with van der Waals surface area (Å²) in [6, 6.07) is 41.0. The molecule has 5 aromatic carbocycles. The molecule has 0 bridgehead atoms. The van der Waals surface area contributed by atoms with E-state index in [2.05, 4.69) is 135 Å². The highest BCUT2D eigenvalue weighted by Gasteiger charge is 2.32. The third-order valence-electron chi connectivity index (χ3n) is 9.05. The van der Waals surface area contributed by atoms with Crippen molar-refractivity contribution in [3.63, 3.8) is 0 Å². The van der Waals surface area contributed by atoms with Gasteiger partial charge < -0.3 is 14.7 Å². The van der Waals surface area contributed by atoms with Gasteiger partial charge in [-0.2, -0.15) is 0 Å². The highest BCUT2D eigenvalue weighted by Crippen LogP contribution is 2.47. The van der Waals surface area contributed by atoms with Gasteiger partial charge in [0.15, 0.2) is 0 Å². The monoisotopic (exact) mass is 581 g/mol. The summed E-state index contributed by atoms with van der Waals surface area (Å²) in [5.41, 5.74) is 12.6. The number of ether oxygens (including phenoxy) is 1. The van der Waals surface area contributed by atoms with Crippen molar-refractivity contribution in [2.45, 2.75) is 71.8 Å². The van der Waals surface area contributed by atoms with E-state index in [0.29, 0.717) is 12.5 Å². The molecule has 0 fully saturated rings. The number of nitrogens with zero attached hydrogens (tertiary/aromatic N) is 1. The number of aliphatic hydroxyl groups excluding tert-OH is 1. The van der Waals surface area contributed by atoms with Crippen molar-refractivity contribution in [3.8, 4) is 5.75 Å². The van der Waals surface area contributed by atoms with E-state index in [4.69, 9.17) is 4.74 Å². The van der Waals surface area contributed by atoms with Gasteiger partial charge in [0.05, 0.1) is 6.61 Å². The van der Waals surface area contributed by atoms with Crippen LogP contribution in [0, 0.1) is 6.92 Å². The Hall–Kier alpha value is -4.34. The minimum Gasteiger partial charge on any atom is -0.489 e. The molecule has 1 aliphatic rings. The van der Waals surface area contributed by atoms with Gasteiger partial charge in [0.25, 0.3) is 0 Å². The second kappa shape index (κ2) is 13.5. The second-order valence-electron chi connectivity index (χ2n) is 12.4. The molecule has 1 N–H and O–H groups in total. The molecule has 0 aliphatic heterocycles. The van der Waals surface area contributed by atoms with Crippen LogP contribution in [0.1, 0.15) is 82.2 Å². The average Bonchev–Trinajstić information content (AvgIpc) is 3.49. The van der Waals surface area contributed by atoms with Gasteiger partial charge in [-0.1, -0.05) is 117 Å². The number of aliphatic hydroxyl groups is 1. The summed E-state index contributed by atoms with van der Waals surface area (Å²) in [7, 11) is 0. The summed E-state index contributed by atoms with van der Waals surface area (Å²) in [4.78, 5) is 2.54. The minimum absolute atomic E-state index is 0.0715. The second-order valence-corrected chi connectivity index (χ2v) is 12.4. The molecule has 1 unspecified atom stereocenters. The molecule has 1 atom stereocenters. The van der Waals surface area contributed by atoms with Crippen LogP contribution in [0.25, 0.3) is 0 Å². The standard InChI is InChI=1S/C41H43NO2/c1-29(2)37-24-34(19-22-40(37)44-28-33-17-11-6-12-18-33)35-20-21-36-38(27-43)30(3)23-39(41(35)36)42(25-31-13-7-4-8-14-31)26-32-15-9-5-10-16-32/h4-19,22-24,29,35,43H,20-21,25-28H2,1-3H3. The van der Waals surface area contributed by atoms with Crippen LogP contribution >= 0.6 is 0 Å². The molecule has 224 valence electrons. The Kier molecular flexibility index (Phi) is 9.14. The van der Waals surface area contributed by atoms with Crippen molar-refractivity contribution in [1.82, 2.24) is 0 Å². The summed E-state index contributed by atoms with van der Waals surface area (Å²) in [5, 5.41) is 10.5. The molecule has 3 nitrogen and oxygen atoms in total. The zero-order valence-corrected chi connectivity index (χ0v) is 26.2. The van der Waals surface area contributed by atoms with Crippen LogP contribution in [0.4, 0.5) is 5.69 Å². The third-order valence-corrected chi connectivity index (χ3v) is 9.05. The van der Waals surface area contributed by atoms with E-state index >= 15 is 0 Å². The quantitative estimate of drug-likeness (QED) is 0.169. The Morgan fingerprint density at radius 1 is 0.773 bits per heavy atom. The topological polar surface area (TPSA) is 32.7 Å². The highest BCUT2D eigenvalue weighted by molar-refractivity contribution is 5.67. The zero-order chi connectivity index (χ0) is 30.5. The first-order valence-electron chi connectivity index (χ1n) is 15.9. The van der Waals surface area contributed by atoms with E-state index < -0.39 is 0 Å². The molecular weight excluding hydrogens is 538 g/mol. The molecule has 0 saturated heterocycles. The lowest BCUT2D eigenvalue weighted by atomic mass is 9.86. The first-order chi connectivity index (χ1) is 21.5. The maximum atomic E-state index is 10.5. The van der Waals surface area contributed by atoms with Gasteiger partial charge in [0, 0.05) is 24.7 Å². The third kappa shape index (κ3) is 6.44. The lowest BCUT2D eigenvalue weighted by molar-refractivity contribution is 0.280. The molecule has 3 heteroatoms. The van der Waals surface area contributed by atoms with Crippen LogP contribution in [-0.2, 0) is 32.7 Å². The Morgan fingerprint density at radius 3 is 1.93 bits per heavy atom. The van der Waals surface area contributed by atoms with Crippen molar-refractivity contribution >= 4 is 5.69 Å². The summed E-state index contributed by atoms with van der Waals surface area (Å²) >= 11 is 0. The number of fused-ring (bicyclic) bond motifs is 1. The molecule has 44 heavy (non-hydrogen) atoms. The molecule has 5 aromatic rings. The Balaban J connectivity index is 1.42. The van der Waals surface area contributed by atoms with E-state index in [-0.39, 0.29) is 12.5 Å². The van der Waals surface area contributed by atoms with E-state index in [1.165, 1.54) is 50.2 Å². The highest BCUT2D eigenvalue weighted by atomic mass is 16.5. The maximum absolute atomic E-state index is 10.5. The summed E-state index contributed by atoms with van der Waals surface area (Å²) in [6.07, 6.45) is 2.00. The average molecular weight is 582 g/mol. The van der Waals surface area contributed by atoms with E-state index in [9.17, 15) is 5.11 Å². The van der Waals surface area contributed by atoms with Gasteiger partial charge in [-0.05, 0) is 87.9 Å². The maximum Gasteiger partial charge on any atom is 0.123 e. The largest absolute Gasteiger partial charge is 0.489 e. The predicted molar refractivity (Wildman–Crippen MR) is 181 cm³/mol. The zero-order valence-electron chi connectivity index (χ0n) is 26.2. The molecule has 0 radical (unpaired) electrons. The Morgan fingerprint density at radius 2 is 1.36 bits per heavy atom. The van der Waals surface area contributed by atoms with Gasteiger partial charge in [-0.25, -0.2) is 0 Å². The summed E-state index contributed by atoms with van der Waals surface area (Å²) < 4.78 is 6.38. The Bertz CT molecular complexity index is 1640. The van der Waals surface area contributed by atoms with Crippen LogP contribution < -0.4 is 9.64 Å². The fourth-order valence-corrected chi connectivity index (χ4v) is 6.78. The molecule has 0 spiro atoms. The predicted octanol–water partition coefficient (Wildman–Crippen LogP) is 9.47. The first kappa shape index (κ1) is 29.7. The number of hydrogen-bond acceptors (Lipinski definition) is 3. The molecule has 6 rings (SSSR count). The molecule has 0 saturated carbocycles. The SMILES string of the molecule is Cc1cc(N(Cc2ccccc2)Cc2ccccc2)c2c(c1CO)CCC2c1ccc(OCc2ccccc2)c(C(C)C)c1. The van der Waals surface area contributed by atoms with Crippen LogP contribution in [0.15, 0.2) is 115 Å². The van der Waals surface area contributed by atoms with Gasteiger partial charge in [0.1, 0.15) is 12.4 Å². The first-order valence-corrected chi connectivity index (χ1v) is 15.9. The molecule has 1 aliphatic carbocycles. The van der Waals surface area contributed by atoms with Gasteiger partial charge >= 0.3 is 0 Å². The van der Waals surface area contributed by atoms with Crippen LogP contribution in [0.2, 0.25) is 0 Å². The summed E-state index contributed by atoms with van der Waals surface area (Å²) in [6.45, 7) is 8.91. The van der Waals surface area contributed by atoms with Crippen LogP contribution in [0.5, 0.6) is 5.75 Å². The number of aryl methyl sites for hydroxylation is 1. The van der Waals surface area contributed by atoms with Crippen molar-refractivity contribution in [1.29, 1.82) is 0 Å². The van der Waals surface area contributed by atoms with E-state index in [1.807, 2.05) is 6.07 Å². The van der Waals surface area contributed by atoms with E-state index in [1.54, 1.807) is 0 Å². The number of hydrogen-bond donors (Lipinski definition) is 1. The van der Waals surface area contributed by atoms with Gasteiger partial charge in [0.2, 0.25) is 0 Å². The molecular formula is C41H43NO2. The lowest BCUT2D eigenvalue weighted by Gasteiger charge is -2.31. The van der Waals surface area contributed by atoms with Crippen LogP contribution in [-0.4, -0.2) is 5.11 Å². The molecule has 0 amide bonds. The lowest BCUT2D eigenvalue weighted by Crippen LogP contribution is -2.24. The normalized spacial score (nSPS) is 14.1. The Labute approximate surface area is 262 Å². The van der Waals surface area contributed by atoms with Crippen molar-refractivity contribution in [2.24, 2.45) is 0 Å². The minimum atomic E-state index is 0.0715. The number of rotatable bonds is 11. The van der Waals surface area contributed by atoms with E-state index in [0.717, 1.165) is 37.2 Å². The van der Waals surface area contributed by atoms with Gasteiger partial charge in [-0.3, -0.25) is 0 Å². The van der Waals surface area contributed by atoms with Crippen LogP contribution in [0.3, 0.4) is 0 Å². The van der Waals surface area contributed by atoms with Crippen molar-refractivity contribution in [2.75, 3.05) is 4.90 Å². The molecule has 0 heterocycles. The fourth-order valence-electron chi connectivity index (χ4n) is 6.78. The smallest absolute Gasteiger partial charge is 0.123 e. The van der Waals surface area contributed by atoms with Gasteiger partial charge in [-0.15, -0.1) is 0 Å². The van der Waals surface area contributed by atoms with Crippen molar-refractivity contribution < 1.29 is 9.84 Å². The number of anilines is 1. The number of benzene rings is 5. The van der Waals surface area contributed by atoms with Crippen molar-refractivity contribution in [3.05, 3.63) is 165 Å². The molecule has 0 aromatic heterocycles.